The Morgan fingerprint density at radius 1 is 1.48 bits per heavy atom. The number of ether oxygens (including phenoxy) is 2. The van der Waals surface area contributed by atoms with E-state index in [1.54, 1.807) is 6.92 Å². The van der Waals surface area contributed by atoms with Gasteiger partial charge in [0.2, 0.25) is 0 Å². The summed E-state index contributed by atoms with van der Waals surface area (Å²) in [6.07, 6.45) is -3.43. The molecule has 0 amide bonds. The van der Waals surface area contributed by atoms with Gasteiger partial charge in [-0.2, -0.15) is 0 Å². The standard InChI is InChI=1S/C12H10BrF3N2O3/c1-3-20-11(19)9-6(2)17-10-8(21-12(14,15)16)4-7(13)5-18(9)10/h4-5H,3H2,1-2H3. The summed E-state index contributed by atoms with van der Waals surface area (Å²) in [5.41, 5.74) is 0.190. The molecular formula is C12H10BrF3N2O3. The Morgan fingerprint density at radius 3 is 2.71 bits per heavy atom. The third-order valence-electron chi connectivity index (χ3n) is 2.52. The van der Waals surface area contributed by atoms with Crippen molar-refractivity contribution < 1.29 is 27.4 Å². The molecule has 0 radical (unpaired) electrons. The average Bonchev–Trinajstić information content (AvgIpc) is 2.64. The number of carbonyl (C=O) groups is 1. The van der Waals surface area contributed by atoms with Crippen LogP contribution in [0.15, 0.2) is 16.7 Å². The van der Waals surface area contributed by atoms with E-state index in [0.29, 0.717) is 4.47 Å². The van der Waals surface area contributed by atoms with Gasteiger partial charge in [-0.1, -0.05) is 0 Å². The molecule has 0 aliphatic rings. The Bertz CT molecular complexity index is 697. The second-order valence-electron chi connectivity index (χ2n) is 4.03. The SMILES string of the molecule is CCOC(=O)c1c(C)nc2c(OC(F)(F)F)cc(Br)cn12. The molecule has 21 heavy (non-hydrogen) atoms. The van der Waals surface area contributed by atoms with Crippen LogP contribution in [0.4, 0.5) is 13.2 Å². The molecule has 0 N–H and O–H groups in total. The maximum absolute atomic E-state index is 12.4. The molecule has 0 aliphatic carbocycles. The molecule has 0 saturated heterocycles. The van der Waals surface area contributed by atoms with Gasteiger partial charge in [0.15, 0.2) is 17.1 Å². The van der Waals surface area contributed by atoms with Crippen LogP contribution in [0.2, 0.25) is 0 Å². The molecule has 0 bridgehead atoms. The van der Waals surface area contributed by atoms with Crippen LogP contribution in [0, 0.1) is 6.92 Å². The van der Waals surface area contributed by atoms with Crippen LogP contribution in [-0.4, -0.2) is 28.3 Å². The second-order valence-corrected chi connectivity index (χ2v) is 4.95. The molecule has 0 aromatic carbocycles. The number of halogens is 4. The summed E-state index contributed by atoms with van der Waals surface area (Å²) in [7, 11) is 0. The van der Waals surface area contributed by atoms with Crippen molar-refractivity contribution in [2.45, 2.75) is 20.2 Å². The highest BCUT2D eigenvalue weighted by Crippen LogP contribution is 2.31. The highest BCUT2D eigenvalue weighted by Gasteiger charge is 2.33. The monoisotopic (exact) mass is 366 g/mol. The van der Waals surface area contributed by atoms with E-state index in [0.717, 1.165) is 6.07 Å². The van der Waals surface area contributed by atoms with E-state index in [1.165, 1.54) is 17.5 Å². The lowest BCUT2D eigenvalue weighted by Gasteiger charge is -2.10. The van der Waals surface area contributed by atoms with Crippen LogP contribution in [0.5, 0.6) is 5.75 Å². The number of imidazole rings is 1. The molecule has 2 aromatic rings. The minimum absolute atomic E-state index is 0.0557. The predicted octanol–water partition coefficient (Wildman–Crippen LogP) is 3.48. The number of aryl methyl sites for hydroxylation is 1. The van der Waals surface area contributed by atoms with Crippen molar-refractivity contribution in [2.75, 3.05) is 6.61 Å². The molecule has 2 heterocycles. The largest absolute Gasteiger partial charge is 0.573 e. The van der Waals surface area contributed by atoms with E-state index in [4.69, 9.17) is 4.74 Å². The van der Waals surface area contributed by atoms with Crippen LogP contribution in [-0.2, 0) is 4.74 Å². The van der Waals surface area contributed by atoms with Gasteiger partial charge in [-0.25, -0.2) is 9.78 Å². The Labute approximate surface area is 125 Å². The number of carbonyl (C=O) groups excluding carboxylic acids is 1. The van der Waals surface area contributed by atoms with E-state index >= 15 is 0 Å². The Morgan fingerprint density at radius 2 is 2.14 bits per heavy atom. The van der Waals surface area contributed by atoms with E-state index in [9.17, 15) is 18.0 Å². The molecule has 0 fully saturated rings. The summed E-state index contributed by atoms with van der Waals surface area (Å²) < 4.78 is 47.6. The summed E-state index contributed by atoms with van der Waals surface area (Å²) in [4.78, 5) is 15.8. The molecule has 0 saturated carbocycles. The number of nitrogens with zero attached hydrogens (tertiary/aromatic N) is 2. The van der Waals surface area contributed by atoms with Crippen molar-refractivity contribution in [2.24, 2.45) is 0 Å². The van der Waals surface area contributed by atoms with Gasteiger partial charge < -0.3 is 9.47 Å². The van der Waals surface area contributed by atoms with E-state index < -0.39 is 18.1 Å². The minimum Gasteiger partial charge on any atom is -0.461 e. The van der Waals surface area contributed by atoms with Gasteiger partial charge in [0.1, 0.15) is 0 Å². The van der Waals surface area contributed by atoms with Gasteiger partial charge in [-0.3, -0.25) is 4.40 Å². The third kappa shape index (κ3) is 3.29. The first kappa shape index (κ1) is 15.6. The first-order valence-electron chi connectivity index (χ1n) is 5.84. The molecule has 0 unspecified atom stereocenters. The topological polar surface area (TPSA) is 52.8 Å². The van der Waals surface area contributed by atoms with Gasteiger partial charge in [0.25, 0.3) is 0 Å². The molecule has 0 aliphatic heterocycles. The molecule has 5 nitrogen and oxygen atoms in total. The summed E-state index contributed by atoms with van der Waals surface area (Å²) >= 11 is 3.07. The van der Waals surface area contributed by atoms with Crippen molar-refractivity contribution in [1.29, 1.82) is 0 Å². The number of aromatic nitrogens is 2. The molecule has 2 aromatic heterocycles. The number of hydrogen-bond acceptors (Lipinski definition) is 4. The van der Waals surface area contributed by atoms with Crippen molar-refractivity contribution in [3.05, 3.63) is 28.1 Å². The fraction of sp³-hybridized carbons (Fsp3) is 0.333. The maximum atomic E-state index is 12.4. The number of rotatable bonds is 3. The van der Waals surface area contributed by atoms with Gasteiger partial charge >= 0.3 is 12.3 Å². The molecule has 0 spiro atoms. The lowest BCUT2D eigenvalue weighted by Crippen LogP contribution is -2.18. The lowest BCUT2D eigenvalue weighted by atomic mass is 10.3. The van der Waals surface area contributed by atoms with Gasteiger partial charge in [0.05, 0.1) is 12.3 Å². The Kier molecular flexibility index (Phi) is 4.13. The predicted molar refractivity (Wildman–Crippen MR) is 70.3 cm³/mol. The zero-order chi connectivity index (χ0) is 15.8. The normalized spacial score (nSPS) is 11.7. The van der Waals surface area contributed by atoms with Crippen LogP contribution >= 0.6 is 15.9 Å². The van der Waals surface area contributed by atoms with Gasteiger partial charge in [-0.15, -0.1) is 13.2 Å². The maximum Gasteiger partial charge on any atom is 0.573 e. The lowest BCUT2D eigenvalue weighted by molar-refractivity contribution is -0.274. The quantitative estimate of drug-likeness (QED) is 0.780. The van der Waals surface area contributed by atoms with Crippen molar-refractivity contribution in [3.63, 3.8) is 0 Å². The number of fused-ring (bicyclic) bond motifs is 1. The molecule has 2 rings (SSSR count). The number of hydrogen-bond donors (Lipinski definition) is 0. The zero-order valence-electron chi connectivity index (χ0n) is 11.0. The summed E-state index contributed by atoms with van der Waals surface area (Å²) in [6, 6.07) is 1.13. The highest BCUT2D eigenvalue weighted by atomic mass is 79.9. The van der Waals surface area contributed by atoms with Crippen LogP contribution in [0.3, 0.4) is 0 Å². The Hall–Kier alpha value is -1.77. The van der Waals surface area contributed by atoms with E-state index in [-0.39, 0.29) is 23.6 Å². The third-order valence-corrected chi connectivity index (χ3v) is 2.96. The van der Waals surface area contributed by atoms with Crippen molar-refractivity contribution in [1.82, 2.24) is 9.38 Å². The summed E-state index contributed by atoms with van der Waals surface area (Å²) in [6.45, 7) is 3.28. The van der Waals surface area contributed by atoms with Gasteiger partial charge in [-0.05, 0) is 29.8 Å². The van der Waals surface area contributed by atoms with Gasteiger partial charge in [0, 0.05) is 16.7 Å². The van der Waals surface area contributed by atoms with Crippen LogP contribution in [0.25, 0.3) is 5.65 Å². The average molecular weight is 367 g/mol. The zero-order valence-corrected chi connectivity index (χ0v) is 12.6. The Balaban J connectivity index is 2.64. The molecule has 9 heteroatoms. The molecular weight excluding hydrogens is 357 g/mol. The van der Waals surface area contributed by atoms with Crippen LogP contribution < -0.4 is 4.74 Å². The van der Waals surface area contributed by atoms with E-state index in [1.807, 2.05) is 0 Å². The first-order valence-corrected chi connectivity index (χ1v) is 6.63. The second kappa shape index (κ2) is 5.55. The van der Waals surface area contributed by atoms with Crippen molar-refractivity contribution >= 4 is 27.5 Å². The molecule has 114 valence electrons. The number of alkyl halides is 3. The minimum atomic E-state index is -4.86. The fourth-order valence-electron chi connectivity index (χ4n) is 1.84. The van der Waals surface area contributed by atoms with E-state index in [2.05, 4.69) is 25.7 Å². The van der Waals surface area contributed by atoms with Crippen molar-refractivity contribution in [3.8, 4) is 5.75 Å². The fourth-order valence-corrected chi connectivity index (χ4v) is 2.25. The summed E-state index contributed by atoms with van der Waals surface area (Å²) in [5.74, 6) is -1.17. The molecule has 0 atom stereocenters. The smallest absolute Gasteiger partial charge is 0.461 e. The highest BCUT2D eigenvalue weighted by molar-refractivity contribution is 9.10. The first-order chi connectivity index (χ1) is 9.73. The number of esters is 1. The summed E-state index contributed by atoms with van der Waals surface area (Å²) in [5, 5.41) is 0. The van der Waals surface area contributed by atoms with Crippen LogP contribution in [0.1, 0.15) is 23.1 Å². The number of pyridine rings is 1.